The van der Waals surface area contributed by atoms with Crippen molar-refractivity contribution in [2.45, 2.75) is 131 Å². The molecule has 2 N–H and O–H groups in total. The normalized spacial score (nSPS) is 14.5. The van der Waals surface area contributed by atoms with Crippen LogP contribution in [0, 0.1) is 0 Å². The van der Waals surface area contributed by atoms with E-state index < -0.39 is 12.2 Å². The number of nitrogens with zero attached hydrogens (tertiary/aromatic N) is 4. The Balaban J connectivity index is 1.26. The molecule has 12 heteroatoms. The molecule has 6 rings (SSSR count). The number of hydrogen-bond donors (Lipinski definition) is 2. The molecular weight excluding hydrogens is 805 g/mol. The first-order valence-corrected chi connectivity index (χ1v) is 23.1. The van der Waals surface area contributed by atoms with Crippen molar-refractivity contribution in [2.24, 2.45) is 0 Å². The lowest BCUT2D eigenvalue weighted by Gasteiger charge is -2.33. The van der Waals surface area contributed by atoms with E-state index >= 15 is 0 Å². The Morgan fingerprint density at radius 3 is 1.73 bits per heavy atom. The lowest BCUT2D eigenvalue weighted by molar-refractivity contribution is -0.120. The van der Waals surface area contributed by atoms with Crippen molar-refractivity contribution in [1.82, 2.24) is 9.80 Å². The highest BCUT2D eigenvalue weighted by Crippen LogP contribution is 2.44. The number of nitrogens with one attached hydrogen (secondary N) is 2. The monoisotopic (exact) mass is 873 g/mol. The molecule has 0 aliphatic carbocycles. The summed E-state index contributed by atoms with van der Waals surface area (Å²) in [6.45, 7) is 19.7. The zero-order valence-electron chi connectivity index (χ0n) is 39.3. The van der Waals surface area contributed by atoms with Gasteiger partial charge in [0.1, 0.15) is 0 Å². The minimum Gasteiger partial charge on any atom is -0.447 e. The summed E-state index contributed by atoms with van der Waals surface area (Å²) in [5.41, 5.74) is 8.59. The van der Waals surface area contributed by atoms with Crippen LogP contribution in [0.25, 0.3) is 0 Å². The summed E-state index contributed by atoms with van der Waals surface area (Å²) in [5.74, 6) is 0.00864. The van der Waals surface area contributed by atoms with Crippen molar-refractivity contribution in [2.75, 3.05) is 46.6 Å². The highest BCUT2D eigenvalue weighted by molar-refractivity contribution is 6.05. The third-order valence-corrected chi connectivity index (χ3v) is 11.9. The first-order valence-electron chi connectivity index (χ1n) is 23.1. The largest absolute Gasteiger partial charge is 0.447 e. The molecule has 342 valence electrons. The van der Waals surface area contributed by atoms with Gasteiger partial charge in [-0.1, -0.05) is 55.5 Å². The van der Waals surface area contributed by atoms with E-state index in [1.54, 1.807) is 27.7 Å². The third-order valence-electron chi connectivity index (χ3n) is 11.9. The summed E-state index contributed by atoms with van der Waals surface area (Å²) < 4.78 is 10.8. The number of rotatable bonds is 16. The summed E-state index contributed by atoms with van der Waals surface area (Å²) in [6, 6.07) is 28.2. The van der Waals surface area contributed by atoms with Gasteiger partial charge < -0.3 is 9.47 Å². The van der Waals surface area contributed by atoms with Gasteiger partial charge in [-0.2, -0.15) is 0 Å². The fourth-order valence-corrected chi connectivity index (χ4v) is 9.08. The van der Waals surface area contributed by atoms with Gasteiger partial charge in [0.15, 0.2) is 0 Å². The van der Waals surface area contributed by atoms with Gasteiger partial charge in [0.25, 0.3) is 0 Å². The average molecular weight is 873 g/mol. The number of hydrogen-bond acceptors (Lipinski definition) is 8. The number of fused-ring (bicyclic) bond motifs is 4. The van der Waals surface area contributed by atoms with Crippen LogP contribution in [0.5, 0.6) is 0 Å². The standard InChI is InChI=1S/C52H68N6O6/c1-10-27-55(32-49(59)57-45-19-13-11-16-38(45)21-22-39-23-25-42(30-47(39)57)53-51(61)63-36(6)7)28-15-17-40-29-41-24-26-43(54-52(62)64-37(8)9)31-48(41)58(46-20-14-12-18-44(40)46)50(60)33-56(34(2)3)35(4)5/h11-14,16,18-20,23-26,30-31,34-37,40H,10,15,17,21-22,27-29,32-33H2,1-9H3,(H,53,61)(H,54,62). The van der Waals surface area contributed by atoms with Crippen LogP contribution in [0.1, 0.15) is 110 Å². The van der Waals surface area contributed by atoms with Crippen LogP contribution in [-0.2, 0) is 38.3 Å². The van der Waals surface area contributed by atoms with Crippen molar-refractivity contribution in [3.05, 3.63) is 107 Å². The maximum absolute atomic E-state index is 14.8. The van der Waals surface area contributed by atoms with Gasteiger partial charge in [0, 0.05) is 23.5 Å². The Morgan fingerprint density at radius 2 is 1.14 bits per heavy atom. The zero-order chi connectivity index (χ0) is 46.1. The number of ether oxygens (including phenoxy) is 2. The average Bonchev–Trinajstić information content (AvgIpc) is 3.47. The molecule has 64 heavy (non-hydrogen) atoms. The van der Waals surface area contributed by atoms with E-state index in [1.807, 2.05) is 82.6 Å². The van der Waals surface area contributed by atoms with E-state index in [0.29, 0.717) is 24.3 Å². The van der Waals surface area contributed by atoms with E-state index in [1.165, 1.54) is 0 Å². The van der Waals surface area contributed by atoms with Crippen molar-refractivity contribution in [3.8, 4) is 0 Å². The molecule has 0 saturated heterocycles. The van der Waals surface area contributed by atoms with Gasteiger partial charge in [-0.15, -0.1) is 0 Å². The zero-order valence-corrected chi connectivity index (χ0v) is 39.3. The summed E-state index contributed by atoms with van der Waals surface area (Å²) >= 11 is 0. The number of carbonyl (C=O) groups is 4. The van der Waals surface area contributed by atoms with Crippen molar-refractivity contribution >= 4 is 58.1 Å². The molecule has 2 heterocycles. The van der Waals surface area contributed by atoms with E-state index in [4.69, 9.17) is 9.47 Å². The van der Waals surface area contributed by atoms with E-state index in [-0.39, 0.29) is 55.1 Å². The number of aryl methyl sites for hydroxylation is 2. The SMILES string of the molecule is CCCN(CCCC1Cc2ccc(NC(=O)OC(C)C)cc2N(C(=O)CN(C(C)C)C(C)C)c2ccccc21)CC(=O)N1c2ccccc2CCc2ccc(NC(=O)OC(C)C)cc21. The van der Waals surface area contributed by atoms with Gasteiger partial charge in [0.2, 0.25) is 11.8 Å². The van der Waals surface area contributed by atoms with Gasteiger partial charge in [-0.05, 0) is 172 Å². The first-order chi connectivity index (χ1) is 30.6. The van der Waals surface area contributed by atoms with Crippen LogP contribution in [0.2, 0.25) is 0 Å². The van der Waals surface area contributed by atoms with Crippen molar-refractivity contribution < 1.29 is 28.7 Å². The molecule has 4 aromatic carbocycles. The Morgan fingerprint density at radius 1 is 0.625 bits per heavy atom. The molecule has 2 aliphatic rings. The fraction of sp³-hybridized carbons (Fsp3) is 0.462. The summed E-state index contributed by atoms with van der Waals surface area (Å²) in [5, 5.41) is 5.73. The van der Waals surface area contributed by atoms with Crippen LogP contribution in [-0.4, -0.2) is 84.3 Å². The van der Waals surface area contributed by atoms with Gasteiger partial charge >= 0.3 is 12.2 Å². The molecule has 0 saturated carbocycles. The van der Waals surface area contributed by atoms with Crippen molar-refractivity contribution in [1.29, 1.82) is 0 Å². The number of anilines is 6. The number of benzene rings is 4. The Hall–Kier alpha value is -5.72. The third kappa shape index (κ3) is 11.9. The molecule has 12 nitrogen and oxygen atoms in total. The molecular formula is C52H68N6O6. The summed E-state index contributed by atoms with van der Waals surface area (Å²) in [7, 11) is 0. The fourth-order valence-electron chi connectivity index (χ4n) is 9.08. The van der Waals surface area contributed by atoms with Crippen LogP contribution in [0.15, 0.2) is 84.9 Å². The molecule has 1 atom stereocenters. The first kappa shape index (κ1) is 47.8. The maximum Gasteiger partial charge on any atom is 0.411 e. The predicted octanol–water partition coefficient (Wildman–Crippen LogP) is 11.0. The van der Waals surface area contributed by atoms with Crippen molar-refractivity contribution in [3.63, 3.8) is 0 Å². The number of para-hydroxylation sites is 2. The van der Waals surface area contributed by atoms with Crippen LogP contribution < -0.4 is 20.4 Å². The highest BCUT2D eigenvalue weighted by Gasteiger charge is 2.33. The lowest BCUT2D eigenvalue weighted by Crippen LogP contribution is -2.45. The second-order valence-electron chi connectivity index (χ2n) is 18.2. The molecule has 0 fully saturated rings. The van der Waals surface area contributed by atoms with E-state index in [2.05, 4.69) is 67.2 Å². The smallest absolute Gasteiger partial charge is 0.411 e. The molecule has 1 unspecified atom stereocenters. The van der Waals surface area contributed by atoms with E-state index in [9.17, 15) is 19.2 Å². The molecule has 4 amide bonds. The van der Waals surface area contributed by atoms with Gasteiger partial charge in [0.05, 0.1) is 48.0 Å². The maximum atomic E-state index is 14.8. The Bertz CT molecular complexity index is 2260. The summed E-state index contributed by atoms with van der Waals surface area (Å²) in [6.07, 6.45) is 3.15. The lowest BCUT2D eigenvalue weighted by atomic mass is 9.88. The quantitative estimate of drug-likeness (QED) is 0.114. The molecule has 0 aromatic heterocycles. The van der Waals surface area contributed by atoms with E-state index in [0.717, 1.165) is 83.7 Å². The second kappa shape index (κ2) is 21.8. The molecule has 4 aromatic rings. The number of amides is 4. The second-order valence-corrected chi connectivity index (χ2v) is 18.2. The van der Waals surface area contributed by atoms with Crippen LogP contribution in [0.3, 0.4) is 0 Å². The molecule has 2 aliphatic heterocycles. The Kier molecular flexibility index (Phi) is 16.2. The summed E-state index contributed by atoms with van der Waals surface area (Å²) in [4.78, 5) is 62.9. The predicted molar refractivity (Wildman–Crippen MR) is 257 cm³/mol. The molecule has 0 radical (unpaired) electrons. The minimum absolute atomic E-state index is 0.0348. The highest BCUT2D eigenvalue weighted by atomic mass is 16.6. The number of carbonyl (C=O) groups excluding carboxylic acids is 4. The molecule has 0 spiro atoms. The molecule has 0 bridgehead atoms. The van der Waals surface area contributed by atoms with Gasteiger partial charge in [-0.25, -0.2) is 9.59 Å². The topological polar surface area (TPSA) is 124 Å². The Labute approximate surface area is 380 Å². The minimum atomic E-state index is -0.546. The van der Waals surface area contributed by atoms with Crippen LogP contribution in [0.4, 0.5) is 43.7 Å². The van der Waals surface area contributed by atoms with Crippen LogP contribution >= 0.6 is 0 Å². The van der Waals surface area contributed by atoms with Gasteiger partial charge in [-0.3, -0.25) is 39.8 Å².